The van der Waals surface area contributed by atoms with E-state index in [1.807, 2.05) is 0 Å². The number of ether oxygens (including phenoxy) is 2. The number of aromatic nitrogens is 5. The first-order valence-corrected chi connectivity index (χ1v) is 11.3. The summed E-state index contributed by atoms with van der Waals surface area (Å²) < 4.78 is 12.7. The molecule has 186 valence electrons. The highest BCUT2D eigenvalue weighted by atomic mass is 35.5. The molecule has 0 radical (unpaired) electrons. The van der Waals surface area contributed by atoms with Crippen LogP contribution in [0.1, 0.15) is 12.0 Å². The van der Waals surface area contributed by atoms with Gasteiger partial charge in [0, 0.05) is 43.2 Å². The summed E-state index contributed by atoms with van der Waals surface area (Å²) in [6.45, 7) is 0.0686. The Kier molecular flexibility index (Phi) is 8.06. The number of halogens is 1. The lowest BCUT2D eigenvalue weighted by molar-refractivity contribution is -0.0806. The fourth-order valence-corrected chi connectivity index (χ4v) is 3.39. The van der Waals surface area contributed by atoms with Gasteiger partial charge in [0.25, 0.3) is 0 Å². The van der Waals surface area contributed by atoms with Gasteiger partial charge in [-0.3, -0.25) is 4.57 Å². The van der Waals surface area contributed by atoms with Crippen molar-refractivity contribution in [2.75, 3.05) is 12.4 Å². The van der Waals surface area contributed by atoms with Gasteiger partial charge in [-0.1, -0.05) is 23.7 Å². The van der Waals surface area contributed by atoms with E-state index < -0.39 is 17.7 Å². The van der Waals surface area contributed by atoms with Crippen LogP contribution in [0.5, 0.6) is 11.8 Å². The second-order valence-corrected chi connectivity index (χ2v) is 8.06. The zero-order chi connectivity index (χ0) is 25.5. The summed E-state index contributed by atoms with van der Waals surface area (Å²) in [5.41, 5.74) is 0.0106. The fraction of sp³-hybridized carbons (Fsp3) is 0.208. The molecular weight excluding hydrogens is 488 g/mol. The maximum Gasteiger partial charge on any atom is 0.354 e. The predicted molar refractivity (Wildman–Crippen MR) is 133 cm³/mol. The summed E-state index contributed by atoms with van der Waals surface area (Å²) in [7, 11) is 1.33. The summed E-state index contributed by atoms with van der Waals surface area (Å²) in [6, 6.07) is 15.7. The Bertz CT molecular complexity index is 1410. The summed E-state index contributed by atoms with van der Waals surface area (Å²) in [4.78, 5) is 38.1. The zero-order valence-corrected chi connectivity index (χ0v) is 20.0. The predicted octanol–water partition coefficient (Wildman–Crippen LogP) is 2.79. The van der Waals surface area contributed by atoms with Crippen LogP contribution in [0, 0.1) is 0 Å². The van der Waals surface area contributed by atoms with Crippen LogP contribution in [-0.4, -0.2) is 42.6 Å². The Labute approximate surface area is 210 Å². The van der Waals surface area contributed by atoms with E-state index in [0.29, 0.717) is 16.5 Å². The molecule has 0 fully saturated rings. The first-order chi connectivity index (χ1) is 17.4. The maximum atomic E-state index is 13.3. The molecule has 4 rings (SSSR count). The third kappa shape index (κ3) is 6.33. The third-order valence-corrected chi connectivity index (χ3v) is 5.39. The Hall–Kier alpha value is -4.06. The monoisotopic (exact) mass is 510 g/mol. The lowest BCUT2D eigenvalue weighted by atomic mass is 10.2. The molecule has 0 aliphatic carbocycles. The summed E-state index contributed by atoms with van der Waals surface area (Å²) in [6.07, 6.45) is 2.08. The number of aliphatic hydroxyl groups excluding tert-OH is 1. The van der Waals surface area contributed by atoms with Crippen LogP contribution in [0.25, 0.3) is 0 Å². The summed E-state index contributed by atoms with van der Waals surface area (Å²) in [5.74, 6) is 0.564. The number of rotatable bonds is 10. The normalized spacial score (nSPS) is 11.8. The molecule has 2 aromatic heterocycles. The Morgan fingerprint density at radius 1 is 1.03 bits per heavy atom. The van der Waals surface area contributed by atoms with Gasteiger partial charge in [0.05, 0.1) is 6.54 Å². The van der Waals surface area contributed by atoms with Crippen molar-refractivity contribution in [2.45, 2.75) is 25.8 Å². The lowest BCUT2D eigenvalue weighted by Crippen LogP contribution is -2.43. The number of nitrogens with one attached hydrogen (secondary N) is 1. The molecule has 2 heterocycles. The van der Waals surface area contributed by atoms with Crippen LogP contribution in [0.3, 0.4) is 0 Å². The highest BCUT2D eigenvalue weighted by Gasteiger charge is 2.15. The van der Waals surface area contributed by atoms with Gasteiger partial charge in [0.2, 0.25) is 5.95 Å². The van der Waals surface area contributed by atoms with Gasteiger partial charge in [-0.2, -0.15) is 4.98 Å². The SMILES string of the molecule is COC(O)CCn1c(=O)nc(Nc2ccc(Oc3ncccn3)cc2)n(Cc2ccc(Cl)cc2)c1=O. The minimum atomic E-state index is -1.11. The van der Waals surface area contributed by atoms with Gasteiger partial charge < -0.3 is 19.9 Å². The maximum absolute atomic E-state index is 13.3. The van der Waals surface area contributed by atoms with Crippen LogP contribution in [0.15, 0.2) is 76.6 Å². The molecule has 0 saturated carbocycles. The van der Waals surface area contributed by atoms with Gasteiger partial charge in [-0.25, -0.2) is 24.1 Å². The average Bonchev–Trinajstić information content (AvgIpc) is 2.89. The molecule has 2 aromatic carbocycles. The van der Waals surface area contributed by atoms with E-state index in [0.717, 1.165) is 10.1 Å². The highest BCUT2D eigenvalue weighted by molar-refractivity contribution is 6.30. The molecule has 0 saturated heterocycles. The standard InChI is InChI=1S/C24H23ClN6O5/c1-35-20(32)11-14-30-23(33)29-21(31(24(30)34)15-16-3-5-17(25)6-4-16)28-18-7-9-19(10-8-18)36-22-26-12-2-13-27-22/h2-10,12-13,20,32H,11,14-15H2,1H3,(H,28,29,33). The van der Waals surface area contributed by atoms with Crippen molar-refractivity contribution >= 4 is 23.2 Å². The summed E-state index contributed by atoms with van der Waals surface area (Å²) in [5, 5.41) is 13.3. The molecule has 2 N–H and O–H groups in total. The van der Waals surface area contributed by atoms with Crippen molar-refractivity contribution in [3.8, 4) is 11.8 Å². The molecule has 0 aliphatic heterocycles. The van der Waals surface area contributed by atoms with Crippen LogP contribution in [0.2, 0.25) is 5.02 Å². The number of anilines is 2. The number of hydrogen-bond acceptors (Lipinski definition) is 9. The molecule has 0 bridgehead atoms. The fourth-order valence-electron chi connectivity index (χ4n) is 3.27. The second kappa shape index (κ2) is 11.6. The van der Waals surface area contributed by atoms with Gasteiger partial charge in [-0.15, -0.1) is 0 Å². The van der Waals surface area contributed by atoms with Gasteiger partial charge in [-0.05, 0) is 48.0 Å². The van der Waals surface area contributed by atoms with Crippen molar-refractivity contribution in [1.82, 2.24) is 24.1 Å². The molecule has 0 spiro atoms. The molecule has 0 amide bonds. The topological polar surface area (TPSA) is 133 Å². The van der Waals surface area contributed by atoms with E-state index in [4.69, 9.17) is 21.1 Å². The van der Waals surface area contributed by atoms with E-state index in [1.165, 1.54) is 11.7 Å². The average molecular weight is 511 g/mol. The van der Waals surface area contributed by atoms with E-state index in [-0.39, 0.29) is 31.5 Å². The molecule has 12 heteroatoms. The van der Waals surface area contributed by atoms with E-state index >= 15 is 0 Å². The molecule has 11 nitrogen and oxygen atoms in total. The Balaban J connectivity index is 1.63. The smallest absolute Gasteiger partial charge is 0.354 e. The number of aliphatic hydroxyl groups is 1. The van der Waals surface area contributed by atoms with Crippen LogP contribution in [-0.2, 0) is 17.8 Å². The van der Waals surface area contributed by atoms with Crippen molar-refractivity contribution in [1.29, 1.82) is 0 Å². The van der Waals surface area contributed by atoms with Crippen molar-refractivity contribution in [2.24, 2.45) is 0 Å². The van der Waals surface area contributed by atoms with Crippen molar-refractivity contribution in [3.05, 3.63) is 98.5 Å². The minimum Gasteiger partial charge on any atom is -0.424 e. The largest absolute Gasteiger partial charge is 0.424 e. The van der Waals surface area contributed by atoms with E-state index in [2.05, 4.69) is 20.3 Å². The molecule has 0 aliphatic rings. The first-order valence-electron chi connectivity index (χ1n) is 10.9. The lowest BCUT2D eigenvalue weighted by Gasteiger charge is -2.16. The Morgan fingerprint density at radius 2 is 1.72 bits per heavy atom. The number of methoxy groups -OCH3 is 1. The number of benzene rings is 2. The minimum absolute atomic E-state index is 0.0492. The third-order valence-electron chi connectivity index (χ3n) is 5.14. The van der Waals surface area contributed by atoms with Gasteiger partial charge in [0.1, 0.15) is 5.75 Å². The molecule has 1 unspecified atom stereocenters. The van der Waals surface area contributed by atoms with E-state index in [9.17, 15) is 14.7 Å². The van der Waals surface area contributed by atoms with Gasteiger partial charge in [0.15, 0.2) is 6.29 Å². The number of hydrogen-bond donors (Lipinski definition) is 2. The van der Waals surface area contributed by atoms with Crippen LogP contribution < -0.4 is 21.4 Å². The van der Waals surface area contributed by atoms with Gasteiger partial charge >= 0.3 is 17.4 Å². The number of nitrogens with zero attached hydrogens (tertiary/aromatic N) is 5. The highest BCUT2D eigenvalue weighted by Crippen LogP contribution is 2.22. The summed E-state index contributed by atoms with van der Waals surface area (Å²) >= 11 is 5.99. The quantitative estimate of drug-likeness (QED) is 0.309. The first kappa shape index (κ1) is 25.0. The van der Waals surface area contributed by atoms with Crippen molar-refractivity contribution in [3.63, 3.8) is 0 Å². The second-order valence-electron chi connectivity index (χ2n) is 7.63. The van der Waals surface area contributed by atoms with Crippen LogP contribution >= 0.6 is 11.6 Å². The molecule has 4 aromatic rings. The molecule has 36 heavy (non-hydrogen) atoms. The van der Waals surface area contributed by atoms with E-state index in [1.54, 1.807) is 67.0 Å². The molecule has 1 atom stereocenters. The zero-order valence-electron chi connectivity index (χ0n) is 19.2. The molecular formula is C24H23ClN6O5. The van der Waals surface area contributed by atoms with Crippen LogP contribution in [0.4, 0.5) is 11.6 Å². The Morgan fingerprint density at radius 3 is 2.39 bits per heavy atom. The van der Waals surface area contributed by atoms with Crippen molar-refractivity contribution < 1.29 is 14.6 Å².